The fourth-order valence-electron chi connectivity index (χ4n) is 2.72. The number of ether oxygens (including phenoxy) is 2. The highest BCUT2D eigenvalue weighted by Gasteiger charge is 2.09. The van der Waals surface area contributed by atoms with Gasteiger partial charge >= 0.3 is 0 Å². The highest BCUT2D eigenvalue weighted by Crippen LogP contribution is 2.19. The zero-order valence-corrected chi connectivity index (χ0v) is 18.9. The first kappa shape index (κ1) is 23.7. The molecule has 6 heteroatoms. The molecule has 0 radical (unpaired) electrons. The van der Waals surface area contributed by atoms with E-state index in [9.17, 15) is 4.79 Å². The topological polar surface area (TPSA) is 59.6 Å². The lowest BCUT2D eigenvalue weighted by Gasteiger charge is -2.14. The van der Waals surface area contributed by atoms with Gasteiger partial charge in [0.25, 0.3) is 5.91 Å². The molecule has 2 aromatic carbocycles. The molecule has 1 amide bonds. The van der Waals surface area contributed by atoms with E-state index < -0.39 is 0 Å². The minimum Gasteiger partial charge on any atom is -0.494 e. The van der Waals surface area contributed by atoms with Gasteiger partial charge in [-0.2, -0.15) is 0 Å². The van der Waals surface area contributed by atoms with Gasteiger partial charge in [-0.05, 0) is 68.4 Å². The van der Waals surface area contributed by atoms with Crippen LogP contribution in [0, 0.1) is 0 Å². The maximum absolute atomic E-state index is 12.4. The molecule has 0 aliphatic carbocycles. The molecule has 0 aliphatic heterocycles. The number of unbranched alkanes of at least 4 members (excludes halogenated alkanes) is 3. The van der Waals surface area contributed by atoms with Crippen LogP contribution in [0.2, 0.25) is 0 Å². The fourth-order valence-corrected chi connectivity index (χ4v) is 2.93. The van der Waals surface area contributed by atoms with Gasteiger partial charge in [-0.25, -0.2) is 0 Å². The molecular formula is C24H32N2O3S. The van der Waals surface area contributed by atoms with Gasteiger partial charge < -0.3 is 14.8 Å². The second-order valence-electron chi connectivity index (χ2n) is 7.21. The van der Waals surface area contributed by atoms with Crippen molar-refractivity contribution < 1.29 is 14.3 Å². The maximum atomic E-state index is 12.4. The highest BCUT2D eigenvalue weighted by molar-refractivity contribution is 7.80. The van der Waals surface area contributed by atoms with Crippen LogP contribution in [0.5, 0.6) is 11.5 Å². The fraction of sp³-hybridized carbons (Fsp3) is 0.417. The van der Waals surface area contributed by atoms with Crippen LogP contribution in [-0.4, -0.2) is 23.7 Å². The Labute approximate surface area is 185 Å². The summed E-state index contributed by atoms with van der Waals surface area (Å²) >= 11 is 5.28. The maximum Gasteiger partial charge on any atom is 0.257 e. The number of benzene rings is 2. The van der Waals surface area contributed by atoms with Gasteiger partial charge in [-0.1, -0.05) is 39.2 Å². The number of nitrogens with one attached hydrogen (secondary N) is 2. The summed E-state index contributed by atoms with van der Waals surface area (Å²) in [6, 6.07) is 14.6. The molecule has 1 atom stereocenters. The average molecular weight is 429 g/mol. The average Bonchev–Trinajstić information content (AvgIpc) is 2.74. The molecule has 0 fully saturated rings. The van der Waals surface area contributed by atoms with Crippen molar-refractivity contribution in [3.8, 4) is 11.5 Å². The lowest BCUT2D eigenvalue weighted by Crippen LogP contribution is -2.34. The number of anilines is 1. The lowest BCUT2D eigenvalue weighted by atomic mass is 10.2. The smallest absolute Gasteiger partial charge is 0.257 e. The van der Waals surface area contributed by atoms with E-state index in [0.717, 1.165) is 30.0 Å². The monoisotopic (exact) mass is 428 g/mol. The van der Waals surface area contributed by atoms with E-state index in [0.29, 0.717) is 12.2 Å². The number of rotatable bonds is 11. The predicted molar refractivity (Wildman–Crippen MR) is 127 cm³/mol. The van der Waals surface area contributed by atoms with Crippen molar-refractivity contribution in [2.75, 3.05) is 11.9 Å². The highest BCUT2D eigenvalue weighted by atomic mass is 32.1. The van der Waals surface area contributed by atoms with Crippen LogP contribution in [0.3, 0.4) is 0 Å². The van der Waals surface area contributed by atoms with Crippen LogP contribution in [0.4, 0.5) is 5.69 Å². The molecule has 2 rings (SSSR count). The van der Waals surface area contributed by atoms with Gasteiger partial charge in [0.1, 0.15) is 11.5 Å². The molecule has 1 unspecified atom stereocenters. The molecule has 0 heterocycles. The second-order valence-corrected chi connectivity index (χ2v) is 7.61. The third-order valence-electron chi connectivity index (χ3n) is 4.61. The van der Waals surface area contributed by atoms with E-state index in [4.69, 9.17) is 21.7 Å². The van der Waals surface area contributed by atoms with E-state index in [-0.39, 0.29) is 17.1 Å². The van der Waals surface area contributed by atoms with Crippen molar-refractivity contribution in [3.63, 3.8) is 0 Å². The SMILES string of the molecule is CCCCCCOc1ccc(C(=O)NC(=S)Nc2cccc(OC(C)CC)c2)cc1. The zero-order valence-electron chi connectivity index (χ0n) is 18.1. The summed E-state index contributed by atoms with van der Waals surface area (Å²) in [5.41, 5.74) is 1.28. The minimum absolute atomic E-state index is 0.134. The predicted octanol–water partition coefficient (Wildman–Crippen LogP) is 5.95. The summed E-state index contributed by atoms with van der Waals surface area (Å²) < 4.78 is 11.5. The third-order valence-corrected chi connectivity index (χ3v) is 4.82. The molecule has 2 aromatic rings. The molecule has 0 bridgehead atoms. The number of carbonyl (C=O) groups is 1. The van der Waals surface area contributed by atoms with E-state index in [2.05, 4.69) is 24.5 Å². The summed E-state index contributed by atoms with van der Waals surface area (Å²) in [5.74, 6) is 1.25. The molecule has 2 N–H and O–H groups in total. The first-order valence-electron chi connectivity index (χ1n) is 10.6. The van der Waals surface area contributed by atoms with Gasteiger partial charge in [0, 0.05) is 17.3 Å². The Bertz CT molecular complexity index is 808. The van der Waals surface area contributed by atoms with Gasteiger partial charge in [0.05, 0.1) is 12.7 Å². The molecule has 0 aliphatic rings. The van der Waals surface area contributed by atoms with E-state index >= 15 is 0 Å². The van der Waals surface area contributed by atoms with Crippen LogP contribution >= 0.6 is 12.2 Å². The quantitative estimate of drug-likeness (QED) is 0.342. The number of thiocarbonyl (C=S) groups is 1. The summed E-state index contributed by atoms with van der Waals surface area (Å²) in [6.07, 6.45) is 5.71. The minimum atomic E-state index is -0.269. The van der Waals surface area contributed by atoms with Crippen LogP contribution in [-0.2, 0) is 0 Å². The number of hydrogen-bond acceptors (Lipinski definition) is 4. The first-order valence-corrected chi connectivity index (χ1v) is 11.0. The zero-order chi connectivity index (χ0) is 21.8. The summed E-state index contributed by atoms with van der Waals surface area (Å²) in [7, 11) is 0. The van der Waals surface area contributed by atoms with Gasteiger partial charge in [0.15, 0.2) is 5.11 Å². The van der Waals surface area contributed by atoms with Gasteiger partial charge in [0.2, 0.25) is 0 Å². The lowest BCUT2D eigenvalue weighted by molar-refractivity contribution is 0.0977. The second kappa shape index (κ2) is 12.9. The normalized spacial score (nSPS) is 11.4. The number of amides is 1. The van der Waals surface area contributed by atoms with E-state index in [1.807, 2.05) is 31.2 Å². The molecule has 0 spiro atoms. The standard InChI is InChI=1S/C24H32N2O3S/c1-4-6-7-8-16-28-21-14-12-19(13-15-21)23(27)26-24(30)25-20-10-9-11-22(17-20)29-18(3)5-2/h9-15,17-18H,4-8,16H2,1-3H3,(H2,25,26,27,30). The molecule has 30 heavy (non-hydrogen) atoms. The molecule has 0 aromatic heterocycles. The Hall–Kier alpha value is -2.60. The first-order chi connectivity index (χ1) is 14.5. The van der Waals surface area contributed by atoms with E-state index in [1.165, 1.54) is 19.3 Å². The molecule has 162 valence electrons. The summed E-state index contributed by atoms with van der Waals surface area (Å²) in [4.78, 5) is 12.4. The Morgan fingerprint density at radius 2 is 1.80 bits per heavy atom. The van der Waals surface area contributed by atoms with Crippen LogP contribution < -0.4 is 20.1 Å². The molecule has 5 nitrogen and oxygen atoms in total. The third kappa shape index (κ3) is 8.41. The largest absolute Gasteiger partial charge is 0.494 e. The van der Waals surface area contributed by atoms with Crippen LogP contribution in [0.15, 0.2) is 48.5 Å². The Morgan fingerprint density at radius 3 is 2.50 bits per heavy atom. The van der Waals surface area contributed by atoms with Crippen molar-refractivity contribution in [2.45, 2.75) is 59.0 Å². The van der Waals surface area contributed by atoms with Crippen molar-refractivity contribution in [3.05, 3.63) is 54.1 Å². The summed E-state index contributed by atoms with van der Waals surface area (Å²) in [6.45, 7) is 6.97. The molecular weight excluding hydrogens is 396 g/mol. The Kier molecular flexibility index (Phi) is 10.1. The van der Waals surface area contributed by atoms with Crippen molar-refractivity contribution in [1.29, 1.82) is 0 Å². The Morgan fingerprint density at radius 1 is 1.03 bits per heavy atom. The summed E-state index contributed by atoms with van der Waals surface area (Å²) in [5, 5.41) is 5.96. The van der Waals surface area contributed by atoms with Crippen molar-refractivity contribution in [1.82, 2.24) is 5.32 Å². The number of carbonyl (C=O) groups excluding carboxylic acids is 1. The van der Waals surface area contributed by atoms with Gasteiger partial charge in [-0.3, -0.25) is 10.1 Å². The number of hydrogen-bond donors (Lipinski definition) is 2. The van der Waals surface area contributed by atoms with Crippen LogP contribution in [0.25, 0.3) is 0 Å². The molecule has 0 saturated carbocycles. The van der Waals surface area contributed by atoms with Crippen molar-refractivity contribution >= 4 is 28.9 Å². The van der Waals surface area contributed by atoms with Crippen molar-refractivity contribution in [2.24, 2.45) is 0 Å². The van der Waals surface area contributed by atoms with Crippen LogP contribution in [0.1, 0.15) is 63.2 Å². The van der Waals surface area contributed by atoms with Gasteiger partial charge in [-0.15, -0.1) is 0 Å². The van der Waals surface area contributed by atoms with E-state index in [1.54, 1.807) is 24.3 Å². The Balaban J connectivity index is 1.82. The molecule has 0 saturated heterocycles.